The Kier molecular flexibility index (Phi) is 6.73. The van der Waals surface area contributed by atoms with Crippen LogP contribution in [0.1, 0.15) is 11.1 Å². The average molecular weight is 460 g/mol. The summed E-state index contributed by atoms with van der Waals surface area (Å²) in [5.41, 5.74) is 2.92. The van der Waals surface area contributed by atoms with Crippen LogP contribution in [0.3, 0.4) is 0 Å². The number of hydrogen-bond acceptors (Lipinski definition) is 3. The zero-order valence-electron chi connectivity index (χ0n) is 17.8. The number of allylic oxidation sites excluding steroid dienone is 2. The molecule has 34 heavy (non-hydrogen) atoms. The van der Waals surface area contributed by atoms with Gasteiger partial charge >= 0.3 is 6.36 Å². The van der Waals surface area contributed by atoms with E-state index in [0.29, 0.717) is 11.3 Å². The quantitative estimate of drug-likeness (QED) is 0.256. The molecule has 0 spiro atoms. The molecule has 3 aromatic carbocycles. The van der Waals surface area contributed by atoms with E-state index in [2.05, 4.69) is 15.0 Å². The number of aromatic nitrogens is 1. The van der Waals surface area contributed by atoms with Gasteiger partial charge in [0.15, 0.2) is 0 Å². The summed E-state index contributed by atoms with van der Waals surface area (Å²) in [5.74, 6) is -0.620. The molecule has 0 aliphatic rings. The molecule has 0 aliphatic carbocycles. The Labute approximate surface area is 194 Å². The molecule has 1 aromatic heterocycles. The van der Waals surface area contributed by atoms with E-state index in [1.165, 1.54) is 30.3 Å². The minimum absolute atomic E-state index is 0.302. The number of benzene rings is 3. The van der Waals surface area contributed by atoms with Gasteiger partial charge in [0.25, 0.3) is 0 Å². The molecule has 4 rings (SSSR count). The number of halogens is 3. The fourth-order valence-corrected chi connectivity index (χ4v) is 3.45. The van der Waals surface area contributed by atoms with Crippen molar-refractivity contribution in [1.29, 1.82) is 0 Å². The highest BCUT2D eigenvalue weighted by Gasteiger charge is 2.31. The van der Waals surface area contributed by atoms with Crippen LogP contribution >= 0.6 is 0 Å². The third kappa shape index (κ3) is 5.89. The highest BCUT2D eigenvalue weighted by molar-refractivity contribution is 6.06. The van der Waals surface area contributed by atoms with Crippen molar-refractivity contribution < 1.29 is 22.7 Å². The number of carbonyl (C=O) groups excluding carboxylic acids is 1. The van der Waals surface area contributed by atoms with Crippen LogP contribution in [0.5, 0.6) is 5.75 Å². The van der Waals surface area contributed by atoms with Crippen molar-refractivity contribution >= 4 is 27.9 Å². The monoisotopic (exact) mass is 460 g/mol. The van der Waals surface area contributed by atoms with Gasteiger partial charge in [-0.25, -0.2) is 0 Å². The van der Waals surface area contributed by atoms with Gasteiger partial charge in [-0.1, -0.05) is 66.7 Å². The number of anilines is 1. The molecular weight excluding hydrogens is 441 g/mol. The molecule has 0 fully saturated rings. The molecule has 0 saturated heterocycles. The predicted molar refractivity (Wildman–Crippen MR) is 126 cm³/mol. The number of ether oxygens (including phenoxy) is 1. The fourth-order valence-electron chi connectivity index (χ4n) is 3.45. The minimum atomic E-state index is -4.75. The van der Waals surface area contributed by atoms with E-state index in [1.54, 1.807) is 24.5 Å². The van der Waals surface area contributed by atoms with Crippen molar-refractivity contribution in [2.75, 3.05) is 5.32 Å². The van der Waals surface area contributed by atoms with E-state index in [4.69, 9.17) is 0 Å². The molecule has 0 unspecified atom stereocenters. The summed E-state index contributed by atoms with van der Waals surface area (Å²) in [7, 11) is 0. The van der Waals surface area contributed by atoms with Crippen LogP contribution in [0.25, 0.3) is 16.3 Å². The molecule has 1 amide bonds. The molecule has 170 valence electrons. The van der Waals surface area contributed by atoms with Gasteiger partial charge in [-0.05, 0) is 41.0 Å². The van der Waals surface area contributed by atoms with Crippen LogP contribution in [0, 0.1) is 0 Å². The second-order valence-electron chi connectivity index (χ2n) is 7.27. The van der Waals surface area contributed by atoms with Gasteiger partial charge in [0, 0.05) is 34.9 Å². The molecule has 1 heterocycles. The smallest absolute Gasteiger partial charge is 0.406 e. The van der Waals surface area contributed by atoms with Crippen molar-refractivity contribution in [1.82, 2.24) is 4.98 Å². The van der Waals surface area contributed by atoms with Gasteiger partial charge in [-0.2, -0.15) is 0 Å². The largest absolute Gasteiger partial charge is 0.573 e. The van der Waals surface area contributed by atoms with Crippen molar-refractivity contribution in [3.8, 4) is 5.75 Å². The average Bonchev–Trinajstić information content (AvgIpc) is 2.82. The van der Waals surface area contributed by atoms with E-state index < -0.39 is 6.36 Å². The number of amides is 1. The second-order valence-corrected chi connectivity index (χ2v) is 7.27. The molecule has 4 nitrogen and oxygen atoms in total. The lowest BCUT2D eigenvalue weighted by atomic mass is 9.97. The number of alkyl halides is 3. The van der Waals surface area contributed by atoms with Crippen LogP contribution < -0.4 is 10.1 Å². The van der Waals surface area contributed by atoms with Gasteiger partial charge in [0.05, 0.1) is 0 Å². The highest BCUT2D eigenvalue weighted by Crippen LogP contribution is 2.28. The van der Waals surface area contributed by atoms with Crippen LogP contribution in [0.15, 0.2) is 109 Å². The Balaban J connectivity index is 1.56. The molecule has 1 N–H and O–H groups in total. The minimum Gasteiger partial charge on any atom is -0.406 e. The molecule has 0 saturated carbocycles. The van der Waals surface area contributed by atoms with Crippen molar-refractivity contribution in [2.45, 2.75) is 6.36 Å². The summed E-state index contributed by atoms with van der Waals surface area (Å²) in [5, 5.41) is 4.65. The second kappa shape index (κ2) is 10.0. The standard InChI is InChI=1S/C27H19F3N2O2/c28-27(29,30)34-22-14-12-20(13-15-22)23(19-6-2-1-3-7-19)9-5-11-26(33)32-25-10-4-8-21-18-31-17-16-24(21)25/h1-18H,(H,32,33)/b11-5+,23-9+. The molecule has 0 bridgehead atoms. The lowest BCUT2D eigenvalue weighted by Gasteiger charge is -2.11. The zero-order valence-corrected chi connectivity index (χ0v) is 17.8. The summed E-state index contributed by atoms with van der Waals surface area (Å²) in [6, 6.07) is 22.3. The van der Waals surface area contributed by atoms with E-state index in [9.17, 15) is 18.0 Å². The summed E-state index contributed by atoms with van der Waals surface area (Å²) in [4.78, 5) is 16.6. The first kappa shape index (κ1) is 22.8. The number of nitrogens with zero attached hydrogens (tertiary/aromatic N) is 1. The predicted octanol–water partition coefficient (Wildman–Crippen LogP) is 6.76. The Bertz CT molecular complexity index is 1340. The van der Waals surface area contributed by atoms with E-state index >= 15 is 0 Å². The maximum Gasteiger partial charge on any atom is 0.573 e. The Morgan fingerprint density at radius 1 is 0.882 bits per heavy atom. The third-order valence-corrected chi connectivity index (χ3v) is 4.93. The Hall–Kier alpha value is -4.39. The van der Waals surface area contributed by atoms with Gasteiger partial charge < -0.3 is 10.1 Å². The van der Waals surface area contributed by atoms with E-state index in [0.717, 1.165) is 21.9 Å². The van der Waals surface area contributed by atoms with Crippen molar-refractivity contribution in [3.05, 3.63) is 121 Å². The number of rotatable bonds is 6. The highest BCUT2D eigenvalue weighted by atomic mass is 19.4. The SMILES string of the molecule is O=C(/C=C/C=C(\c1ccccc1)c1ccc(OC(F)(F)F)cc1)Nc1cccc2cnccc12. The Morgan fingerprint density at radius 3 is 2.35 bits per heavy atom. The first-order chi connectivity index (χ1) is 16.4. The first-order valence-corrected chi connectivity index (χ1v) is 10.3. The molecule has 0 radical (unpaired) electrons. The lowest BCUT2D eigenvalue weighted by molar-refractivity contribution is -0.274. The lowest BCUT2D eigenvalue weighted by Crippen LogP contribution is -2.17. The van der Waals surface area contributed by atoms with Crippen LogP contribution in [0.4, 0.5) is 18.9 Å². The summed E-state index contributed by atoms with van der Waals surface area (Å²) in [6.07, 6.45) is 3.36. The van der Waals surface area contributed by atoms with Gasteiger partial charge in [-0.3, -0.25) is 9.78 Å². The van der Waals surface area contributed by atoms with Crippen molar-refractivity contribution in [2.24, 2.45) is 0 Å². The topological polar surface area (TPSA) is 51.2 Å². The fraction of sp³-hybridized carbons (Fsp3) is 0.0370. The summed E-state index contributed by atoms with van der Waals surface area (Å²) in [6.45, 7) is 0. The molecule has 0 atom stereocenters. The maximum absolute atomic E-state index is 12.5. The number of hydrogen-bond donors (Lipinski definition) is 1. The first-order valence-electron chi connectivity index (χ1n) is 10.3. The number of fused-ring (bicyclic) bond motifs is 1. The molecular formula is C27H19F3N2O2. The number of carbonyl (C=O) groups is 1. The molecule has 7 heteroatoms. The Morgan fingerprint density at radius 2 is 1.62 bits per heavy atom. The van der Waals surface area contributed by atoms with Crippen molar-refractivity contribution in [3.63, 3.8) is 0 Å². The molecule has 0 aliphatic heterocycles. The van der Waals surface area contributed by atoms with Crippen LogP contribution in [-0.2, 0) is 4.79 Å². The van der Waals surface area contributed by atoms with Gasteiger partial charge in [0.1, 0.15) is 5.75 Å². The van der Waals surface area contributed by atoms with Crippen LogP contribution in [0.2, 0.25) is 0 Å². The number of pyridine rings is 1. The van der Waals surface area contributed by atoms with Gasteiger partial charge in [-0.15, -0.1) is 13.2 Å². The van der Waals surface area contributed by atoms with E-state index in [-0.39, 0.29) is 11.7 Å². The summed E-state index contributed by atoms with van der Waals surface area (Å²) >= 11 is 0. The maximum atomic E-state index is 12.5. The zero-order chi connectivity index (χ0) is 24.0. The summed E-state index contributed by atoms with van der Waals surface area (Å²) < 4.78 is 41.4. The third-order valence-electron chi connectivity index (χ3n) is 4.93. The normalized spacial score (nSPS) is 12.1. The van der Waals surface area contributed by atoms with Gasteiger partial charge in [0.2, 0.25) is 5.91 Å². The molecule has 4 aromatic rings. The van der Waals surface area contributed by atoms with E-state index in [1.807, 2.05) is 54.6 Å². The van der Waals surface area contributed by atoms with Crippen LogP contribution in [-0.4, -0.2) is 17.3 Å². The number of nitrogens with one attached hydrogen (secondary N) is 1.